The number of aliphatic hydroxyl groups is 1. The number of hydrazine groups is 1. The number of hydrogen-bond donors (Lipinski definition) is 7. The Balaban J connectivity index is 3.70. The van der Waals surface area contributed by atoms with Crippen LogP contribution in [-0.2, 0) is 23.9 Å². The molecule has 0 aromatic carbocycles. The van der Waals surface area contributed by atoms with E-state index in [1.807, 2.05) is 0 Å². The molecule has 258 valence electrons. The standard InChI is InChI=1S/C32H62N4O8/c1-44-32(43)27(36-33)20-18-19-25-34-28(37)24-23-26(31(41)42)35-29(38)21-16-14-12-10-8-6-4-2-3-5-7-9-11-13-15-17-22-30(39)40/h26-27,32,36,43H,2-25,33H2,1H3,(H,34,37)(H,35,38)(H,39,40)(H,41,42). The molecule has 0 spiro atoms. The van der Waals surface area contributed by atoms with E-state index in [9.17, 15) is 29.4 Å². The van der Waals surface area contributed by atoms with Crippen LogP contribution >= 0.6 is 0 Å². The fourth-order valence-electron chi connectivity index (χ4n) is 5.11. The summed E-state index contributed by atoms with van der Waals surface area (Å²) < 4.78 is 4.83. The third-order valence-electron chi connectivity index (χ3n) is 7.90. The molecule has 0 radical (unpaired) electrons. The van der Waals surface area contributed by atoms with Gasteiger partial charge in [0.2, 0.25) is 11.8 Å². The van der Waals surface area contributed by atoms with Gasteiger partial charge in [0.1, 0.15) is 6.04 Å². The van der Waals surface area contributed by atoms with Gasteiger partial charge in [-0.25, -0.2) is 4.79 Å². The molecule has 44 heavy (non-hydrogen) atoms. The maximum absolute atomic E-state index is 12.2. The number of rotatable bonds is 32. The van der Waals surface area contributed by atoms with Crippen molar-refractivity contribution in [2.75, 3.05) is 13.7 Å². The summed E-state index contributed by atoms with van der Waals surface area (Å²) in [5.41, 5.74) is 2.49. The van der Waals surface area contributed by atoms with Gasteiger partial charge in [-0.1, -0.05) is 89.9 Å². The number of hydrogen-bond acceptors (Lipinski definition) is 8. The molecule has 8 N–H and O–H groups in total. The summed E-state index contributed by atoms with van der Waals surface area (Å²) in [6.45, 7) is 0.421. The van der Waals surface area contributed by atoms with Gasteiger partial charge in [-0.2, -0.15) is 0 Å². The Kier molecular flexibility index (Phi) is 27.9. The Bertz CT molecular complexity index is 756. The summed E-state index contributed by atoms with van der Waals surface area (Å²) in [6.07, 6.45) is 19.7. The largest absolute Gasteiger partial charge is 0.481 e. The zero-order chi connectivity index (χ0) is 32.8. The van der Waals surface area contributed by atoms with Crippen molar-refractivity contribution >= 4 is 23.8 Å². The van der Waals surface area contributed by atoms with E-state index in [0.717, 1.165) is 44.9 Å². The van der Waals surface area contributed by atoms with E-state index in [2.05, 4.69) is 16.1 Å². The number of ether oxygens (including phenoxy) is 1. The molecule has 0 aliphatic heterocycles. The van der Waals surface area contributed by atoms with Crippen molar-refractivity contribution in [3.63, 3.8) is 0 Å². The van der Waals surface area contributed by atoms with Crippen LogP contribution in [0.1, 0.15) is 148 Å². The van der Waals surface area contributed by atoms with Gasteiger partial charge in [0, 0.05) is 32.9 Å². The quantitative estimate of drug-likeness (QED) is 0.0240. The highest BCUT2D eigenvalue weighted by Gasteiger charge is 2.21. The lowest BCUT2D eigenvalue weighted by atomic mass is 10.0. The fraction of sp³-hybridized carbons (Fsp3) is 0.875. The number of nitrogens with two attached hydrogens (primary N) is 1. The lowest BCUT2D eigenvalue weighted by Crippen LogP contribution is -2.44. The Morgan fingerprint density at radius 2 is 1.11 bits per heavy atom. The number of carbonyl (C=O) groups is 4. The summed E-state index contributed by atoms with van der Waals surface area (Å²) >= 11 is 0. The molecule has 0 aliphatic rings. The number of carboxylic acids is 2. The number of nitrogens with one attached hydrogen (secondary N) is 3. The Morgan fingerprint density at radius 3 is 1.55 bits per heavy atom. The molecule has 3 unspecified atom stereocenters. The number of carbonyl (C=O) groups excluding carboxylic acids is 2. The maximum Gasteiger partial charge on any atom is 0.326 e. The Morgan fingerprint density at radius 1 is 0.636 bits per heavy atom. The number of methoxy groups -OCH3 is 1. The number of aliphatic carboxylic acids is 2. The normalized spacial score (nSPS) is 13.2. The van der Waals surface area contributed by atoms with Gasteiger partial charge in [-0.05, 0) is 38.5 Å². The minimum atomic E-state index is -1.15. The first kappa shape index (κ1) is 41.7. The van der Waals surface area contributed by atoms with E-state index in [-0.39, 0.29) is 31.1 Å². The lowest BCUT2D eigenvalue weighted by molar-refractivity contribution is -0.142. The van der Waals surface area contributed by atoms with E-state index in [1.54, 1.807) is 0 Å². The van der Waals surface area contributed by atoms with Crippen molar-refractivity contribution in [3.8, 4) is 0 Å². The molecule has 0 saturated heterocycles. The van der Waals surface area contributed by atoms with E-state index in [4.69, 9.17) is 15.7 Å². The monoisotopic (exact) mass is 630 g/mol. The fourth-order valence-corrected chi connectivity index (χ4v) is 5.11. The van der Waals surface area contributed by atoms with E-state index >= 15 is 0 Å². The van der Waals surface area contributed by atoms with Gasteiger partial charge in [0.25, 0.3) is 0 Å². The molecule has 0 fully saturated rings. The third-order valence-corrected chi connectivity index (χ3v) is 7.90. The maximum atomic E-state index is 12.2. The van der Waals surface area contributed by atoms with Crippen LogP contribution in [0.2, 0.25) is 0 Å². The average molecular weight is 631 g/mol. The second-order valence-corrected chi connectivity index (χ2v) is 11.8. The minimum absolute atomic E-state index is 0.00416. The lowest BCUT2D eigenvalue weighted by Gasteiger charge is -2.20. The van der Waals surface area contributed by atoms with E-state index < -0.39 is 30.3 Å². The Hall–Kier alpha value is -2.28. The van der Waals surface area contributed by atoms with Gasteiger partial charge in [0.05, 0.1) is 6.04 Å². The first-order valence-corrected chi connectivity index (χ1v) is 16.9. The van der Waals surface area contributed by atoms with Crippen LogP contribution in [0.5, 0.6) is 0 Å². The molecule has 0 aromatic rings. The highest BCUT2D eigenvalue weighted by Crippen LogP contribution is 2.14. The molecule has 12 nitrogen and oxygen atoms in total. The number of amides is 2. The SMILES string of the molecule is COC(O)C(CCCCNC(=O)CCC(NC(=O)CCCCCCCCCCCCCCCCCCC(=O)O)C(=O)O)NN. The number of carboxylic acid groups (broad SMARTS) is 2. The molecule has 12 heteroatoms. The van der Waals surface area contributed by atoms with Crippen LogP contribution in [0.4, 0.5) is 0 Å². The topological polar surface area (TPSA) is 200 Å². The van der Waals surface area contributed by atoms with Crippen molar-refractivity contribution in [1.82, 2.24) is 16.1 Å². The molecule has 0 saturated carbocycles. The van der Waals surface area contributed by atoms with E-state index in [0.29, 0.717) is 32.2 Å². The minimum Gasteiger partial charge on any atom is -0.481 e. The first-order valence-electron chi connectivity index (χ1n) is 16.9. The van der Waals surface area contributed by atoms with Crippen LogP contribution in [0.3, 0.4) is 0 Å². The zero-order valence-corrected chi connectivity index (χ0v) is 27.2. The van der Waals surface area contributed by atoms with Gasteiger partial charge >= 0.3 is 11.9 Å². The third kappa shape index (κ3) is 26.2. The smallest absolute Gasteiger partial charge is 0.326 e. The van der Waals surface area contributed by atoms with Gasteiger partial charge in [0.15, 0.2) is 6.29 Å². The molecule has 3 atom stereocenters. The van der Waals surface area contributed by atoms with Gasteiger partial charge in [-0.3, -0.25) is 25.7 Å². The number of aliphatic hydroxyl groups excluding tert-OH is 1. The first-order chi connectivity index (χ1) is 21.2. The highest BCUT2D eigenvalue weighted by atomic mass is 16.6. The molecule has 0 bridgehead atoms. The van der Waals surface area contributed by atoms with Crippen molar-refractivity contribution < 1.29 is 39.2 Å². The predicted octanol–water partition coefficient (Wildman–Crippen LogP) is 4.53. The molecular weight excluding hydrogens is 568 g/mol. The summed E-state index contributed by atoms with van der Waals surface area (Å²) in [6, 6.07) is -1.49. The predicted molar refractivity (Wildman–Crippen MR) is 171 cm³/mol. The highest BCUT2D eigenvalue weighted by molar-refractivity contribution is 5.84. The zero-order valence-electron chi connectivity index (χ0n) is 27.2. The molecular formula is C32H62N4O8. The van der Waals surface area contributed by atoms with Crippen molar-refractivity contribution in [3.05, 3.63) is 0 Å². The van der Waals surface area contributed by atoms with Crippen molar-refractivity contribution in [2.24, 2.45) is 5.84 Å². The second kappa shape index (κ2) is 29.4. The second-order valence-electron chi connectivity index (χ2n) is 11.8. The summed E-state index contributed by atoms with van der Waals surface area (Å²) in [5.74, 6) is 2.98. The molecule has 2 amide bonds. The van der Waals surface area contributed by atoms with E-state index in [1.165, 1.54) is 64.9 Å². The summed E-state index contributed by atoms with van der Waals surface area (Å²) in [4.78, 5) is 46.4. The Labute approximate surface area is 264 Å². The molecule has 0 aliphatic carbocycles. The number of unbranched alkanes of at least 4 members (excludes halogenated alkanes) is 16. The van der Waals surface area contributed by atoms with Crippen molar-refractivity contribution in [2.45, 2.75) is 166 Å². The molecule has 0 rings (SSSR count). The van der Waals surface area contributed by atoms with Gasteiger partial charge < -0.3 is 30.7 Å². The van der Waals surface area contributed by atoms with Crippen LogP contribution < -0.4 is 21.9 Å². The van der Waals surface area contributed by atoms with Crippen LogP contribution in [0, 0.1) is 0 Å². The summed E-state index contributed by atoms with van der Waals surface area (Å²) in [7, 11) is 1.39. The van der Waals surface area contributed by atoms with Crippen LogP contribution in [0.15, 0.2) is 0 Å². The van der Waals surface area contributed by atoms with Crippen LogP contribution in [0.25, 0.3) is 0 Å². The van der Waals surface area contributed by atoms with Crippen LogP contribution in [-0.4, -0.2) is 71.1 Å². The summed E-state index contributed by atoms with van der Waals surface area (Å²) in [5, 5.41) is 33.0. The van der Waals surface area contributed by atoms with Crippen molar-refractivity contribution in [1.29, 1.82) is 0 Å². The average Bonchev–Trinajstić information content (AvgIpc) is 2.99. The molecule has 0 aromatic heterocycles. The molecule has 0 heterocycles. The van der Waals surface area contributed by atoms with Gasteiger partial charge in [-0.15, -0.1) is 0 Å².